The molecule has 2 aliphatic rings. The van der Waals surface area contributed by atoms with Crippen molar-refractivity contribution in [2.75, 3.05) is 24.7 Å². The van der Waals surface area contributed by atoms with Crippen molar-refractivity contribution >= 4 is 34.5 Å². The number of fused-ring (bicyclic) bond motifs is 1. The number of aryl methyl sites for hydroxylation is 1. The Hall–Kier alpha value is -3.06. The van der Waals surface area contributed by atoms with E-state index in [1.165, 1.54) is 7.11 Å². The van der Waals surface area contributed by atoms with Crippen molar-refractivity contribution in [3.8, 4) is 0 Å². The third-order valence-corrected chi connectivity index (χ3v) is 6.96. The fraction of sp³-hybridized carbons (Fsp3) is 0.346. The fourth-order valence-electron chi connectivity index (χ4n) is 4.23. The van der Waals surface area contributed by atoms with Gasteiger partial charge in [0, 0.05) is 24.4 Å². The second kappa shape index (κ2) is 10.7. The molecule has 6 nitrogen and oxygen atoms in total. The molecule has 0 aromatic heterocycles. The lowest BCUT2D eigenvalue weighted by molar-refractivity contribution is -0.137. The van der Waals surface area contributed by atoms with Crippen LogP contribution in [0.3, 0.4) is 0 Å². The first-order valence-electron chi connectivity index (χ1n) is 11.3. The molecule has 2 aromatic rings. The molecule has 172 valence electrons. The Balaban J connectivity index is 1.52. The van der Waals surface area contributed by atoms with Crippen LogP contribution in [-0.2, 0) is 20.7 Å². The molecule has 0 radical (unpaired) electrons. The van der Waals surface area contributed by atoms with Gasteiger partial charge in [0.25, 0.3) is 0 Å². The van der Waals surface area contributed by atoms with Crippen LogP contribution in [-0.4, -0.2) is 41.4 Å². The van der Waals surface area contributed by atoms with Crippen molar-refractivity contribution in [3.63, 3.8) is 0 Å². The highest BCUT2D eigenvalue weighted by molar-refractivity contribution is 8.13. The Kier molecular flexibility index (Phi) is 7.50. The van der Waals surface area contributed by atoms with Crippen molar-refractivity contribution in [1.82, 2.24) is 4.90 Å². The van der Waals surface area contributed by atoms with Gasteiger partial charge in [-0.15, -0.1) is 0 Å². The maximum Gasteiger partial charge on any atom is 0.338 e. The Labute approximate surface area is 199 Å². The lowest BCUT2D eigenvalue weighted by atomic mass is 9.93. The zero-order valence-corrected chi connectivity index (χ0v) is 19.9. The van der Waals surface area contributed by atoms with Crippen LogP contribution in [0.15, 0.2) is 70.9 Å². The van der Waals surface area contributed by atoms with E-state index in [-0.39, 0.29) is 17.9 Å². The maximum atomic E-state index is 12.8. The zero-order chi connectivity index (χ0) is 23.2. The number of hydrogen-bond acceptors (Lipinski definition) is 6. The number of benzene rings is 2. The summed E-state index contributed by atoms with van der Waals surface area (Å²) in [5.74, 6) is 0.670. The van der Waals surface area contributed by atoms with E-state index in [1.807, 2.05) is 61.5 Å². The van der Waals surface area contributed by atoms with E-state index < -0.39 is 0 Å². The van der Waals surface area contributed by atoms with E-state index in [1.54, 1.807) is 11.8 Å². The number of carbonyl (C=O) groups excluding carboxylic acids is 2. The Morgan fingerprint density at radius 2 is 1.91 bits per heavy atom. The van der Waals surface area contributed by atoms with E-state index in [0.717, 1.165) is 46.4 Å². The van der Waals surface area contributed by atoms with Gasteiger partial charge in [-0.1, -0.05) is 61.2 Å². The monoisotopic (exact) mass is 463 g/mol. The highest BCUT2D eigenvalue weighted by atomic mass is 32.2. The van der Waals surface area contributed by atoms with Crippen molar-refractivity contribution in [2.45, 2.75) is 38.6 Å². The minimum Gasteiger partial charge on any atom is -0.466 e. The summed E-state index contributed by atoms with van der Waals surface area (Å²) in [4.78, 5) is 32.2. The highest BCUT2D eigenvalue weighted by Crippen LogP contribution is 2.40. The van der Waals surface area contributed by atoms with Gasteiger partial charge in [-0.25, -0.2) is 9.79 Å². The van der Waals surface area contributed by atoms with Gasteiger partial charge in [-0.2, -0.15) is 0 Å². The molecule has 0 saturated carbocycles. The predicted molar refractivity (Wildman–Crippen MR) is 133 cm³/mol. The summed E-state index contributed by atoms with van der Waals surface area (Å²) in [6.45, 7) is 2.85. The van der Waals surface area contributed by atoms with Gasteiger partial charge in [0.05, 0.1) is 24.4 Å². The molecular weight excluding hydrogens is 434 g/mol. The molecule has 33 heavy (non-hydrogen) atoms. The molecule has 2 aliphatic heterocycles. The molecule has 0 bridgehead atoms. The number of nitrogens with zero attached hydrogens (tertiary/aromatic N) is 2. The van der Waals surface area contributed by atoms with Crippen molar-refractivity contribution < 1.29 is 14.3 Å². The highest BCUT2D eigenvalue weighted by Gasteiger charge is 2.38. The van der Waals surface area contributed by atoms with Crippen molar-refractivity contribution in [1.29, 1.82) is 0 Å². The molecule has 1 fully saturated rings. The molecular formula is C26H29N3O3S. The molecule has 0 spiro atoms. The molecule has 7 heteroatoms. The number of thioether (sulfide) groups is 1. The van der Waals surface area contributed by atoms with Gasteiger partial charge in [0.2, 0.25) is 5.91 Å². The number of allylic oxidation sites excluding steroid dienone is 1. The molecule has 2 aromatic carbocycles. The van der Waals surface area contributed by atoms with Crippen LogP contribution < -0.4 is 5.32 Å². The molecule has 4 rings (SSSR count). The van der Waals surface area contributed by atoms with Gasteiger partial charge in [-0.3, -0.25) is 4.79 Å². The normalized spacial score (nSPS) is 17.8. The first-order valence-corrected chi connectivity index (χ1v) is 12.3. The third-order valence-electron chi connectivity index (χ3n) is 5.88. The summed E-state index contributed by atoms with van der Waals surface area (Å²) < 4.78 is 5.14. The SMILES string of the molecule is CCC1=C(C(=O)OC)C(c2ccc(NC(=O)CCc3ccccc3)cc2)N2CCCSC2=N1. The van der Waals surface area contributed by atoms with Gasteiger partial charge < -0.3 is 15.0 Å². The van der Waals surface area contributed by atoms with Gasteiger partial charge in [0.1, 0.15) is 0 Å². The molecule has 0 aliphatic carbocycles. The number of carbonyl (C=O) groups is 2. The minimum atomic E-state index is -0.339. The second-order valence-corrected chi connectivity index (χ2v) is 9.12. The van der Waals surface area contributed by atoms with Crippen LogP contribution >= 0.6 is 11.8 Å². The van der Waals surface area contributed by atoms with E-state index >= 15 is 0 Å². The van der Waals surface area contributed by atoms with Gasteiger partial charge >= 0.3 is 5.97 Å². The molecule has 1 unspecified atom stereocenters. The largest absolute Gasteiger partial charge is 0.466 e. The number of hydrogen-bond donors (Lipinski definition) is 1. The number of rotatable bonds is 7. The lowest BCUT2D eigenvalue weighted by Crippen LogP contribution is -2.42. The topological polar surface area (TPSA) is 71.0 Å². The van der Waals surface area contributed by atoms with Crippen LogP contribution in [0, 0.1) is 0 Å². The summed E-state index contributed by atoms with van der Waals surface area (Å²) >= 11 is 1.73. The number of ether oxygens (including phenoxy) is 1. The average Bonchev–Trinajstić information content (AvgIpc) is 2.87. The third kappa shape index (κ3) is 5.30. The van der Waals surface area contributed by atoms with E-state index in [9.17, 15) is 9.59 Å². The summed E-state index contributed by atoms with van der Waals surface area (Å²) in [7, 11) is 1.41. The number of methoxy groups -OCH3 is 1. The molecule has 1 N–H and O–H groups in total. The van der Waals surface area contributed by atoms with Crippen LogP contribution in [0.2, 0.25) is 0 Å². The number of anilines is 1. The van der Waals surface area contributed by atoms with Gasteiger partial charge in [0.15, 0.2) is 5.17 Å². The average molecular weight is 464 g/mol. The van der Waals surface area contributed by atoms with Crippen LogP contribution in [0.4, 0.5) is 5.69 Å². The first kappa shape index (κ1) is 23.1. The Morgan fingerprint density at radius 3 is 2.61 bits per heavy atom. The quantitative estimate of drug-likeness (QED) is 0.589. The number of esters is 1. The molecule has 1 atom stereocenters. The number of nitrogens with one attached hydrogen (secondary N) is 1. The molecule has 2 heterocycles. The summed E-state index contributed by atoms with van der Waals surface area (Å²) in [6.07, 6.45) is 2.82. The van der Waals surface area contributed by atoms with E-state index in [2.05, 4.69) is 10.2 Å². The zero-order valence-electron chi connectivity index (χ0n) is 19.0. The second-order valence-electron chi connectivity index (χ2n) is 8.05. The van der Waals surface area contributed by atoms with Crippen molar-refractivity contribution in [3.05, 3.63) is 77.0 Å². The number of amides is 1. The minimum absolute atomic E-state index is 0.0189. The van der Waals surface area contributed by atoms with E-state index in [4.69, 9.17) is 9.73 Å². The smallest absolute Gasteiger partial charge is 0.338 e. The molecule has 1 amide bonds. The van der Waals surface area contributed by atoms with Crippen LogP contribution in [0.5, 0.6) is 0 Å². The first-order chi connectivity index (χ1) is 16.1. The Morgan fingerprint density at radius 1 is 1.15 bits per heavy atom. The summed E-state index contributed by atoms with van der Waals surface area (Å²) in [5, 5.41) is 3.95. The predicted octanol–water partition coefficient (Wildman–Crippen LogP) is 4.94. The number of amidine groups is 1. The summed E-state index contributed by atoms with van der Waals surface area (Å²) in [6, 6.07) is 17.5. The van der Waals surface area contributed by atoms with Crippen LogP contribution in [0.1, 0.15) is 43.4 Å². The fourth-order valence-corrected chi connectivity index (χ4v) is 5.23. The summed E-state index contributed by atoms with van der Waals surface area (Å²) in [5.41, 5.74) is 4.26. The lowest BCUT2D eigenvalue weighted by Gasteiger charge is -2.40. The maximum absolute atomic E-state index is 12.8. The number of aliphatic imine (C=N–C) groups is 1. The molecule has 1 saturated heterocycles. The van der Waals surface area contributed by atoms with E-state index in [0.29, 0.717) is 24.8 Å². The van der Waals surface area contributed by atoms with Crippen molar-refractivity contribution in [2.24, 2.45) is 4.99 Å². The van der Waals surface area contributed by atoms with Gasteiger partial charge in [-0.05, 0) is 42.5 Å². The Bertz CT molecular complexity index is 1060. The van der Waals surface area contributed by atoms with Crippen LogP contribution in [0.25, 0.3) is 0 Å². The standard InChI is InChI=1S/C26H29N3O3S/c1-3-21-23(25(31)32-2)24(29-16-7-17-33-26(29)28-21)19-11-13-20(14-12-19)27-22(30)15-10-18-8-5-4-6-9-18/h4-6,8-9,11-14,24H,3,7,10,15-17H2,1-2H3,(H,27,30).